The molecular weight excluding hydrogens is 592 g/mol. The second-order valence-corrected chi connectivity index (χ2v) is 11.2. The molecule has 4 rings (SSSR count). The van der Waals surface area contributed by atoms with E-state index in [-0.39, 0.29) is 24.4 Å². The van der Waals surface area contributed by atoms with Gasteiger partial charge in [-0.3, -0.25) is 9.59 Å². The maximum atomic E-state index is 13.2. The second-order valence-electron chi connectivity index (χ2n) is 11.2. The summed E-state index contributed by atoms with van der Waals surface area (Å²) < 4.78 is 11.0. The number of benzene rings is 3. The van der Waals surface area contributed by atoms with E-state index in [1.165, 1.54) is 35.2 Å². The standard InChI is InChI=1S/C31H30N2O12/c1-31(2,3)45-30(43)33-13-19(32-27(39)15-7-9-17(34)10-8-15)23(14-33)44-29(42)16-11-21(36)25(22(37)12-16)26(38)24-18(28(40)41)5-4-6-20(24)35/h4-12,19,23,34-37H,13-14H2,1-3H3,(H,32,39)(H,40,41). The number of nitrogens with zero attached hydrogens (tertiary/aromatic N) is 1. The van der Waals surface area contributed by atoms with Gasteiger partial charge in [-0.05, 0) is 69.3 Å². The maximum Gasteiger partial charge on any atom is 0.410 e. The van der Waals surface area contributed by atoms with Crippen LogP contribution in [-0.2, 0) is 9.47 Å². The van der Waals surface area contributed by atoms with Gasteiger partial charge >= 0.3 is 18.0 Å². The van der Waals surface area contributed by atoms with Crippen LogP contribution in [0.1, 0.15) is 67.8 Å². The van der Waals surface area contributed by atoms with Gasteiger partial charge in [-0.1, -0.05) is 6.07 Å². The summed E-state index contributed by atoms with van der Waals surface area (Å²) in [5.41, 5.74) is -3.13. The average Bonchev–Trinajstić information content (AvgIpc) is 3.33. The Morgan fingerprint density at radius 1 is 0.822 bits per heavy atom. The highest BCUT2D eigenvalue weighted by atomic mass is 16.6. The van der Waals surface area contributed by atoms with Gasteiger partial charge in [0.25, 0.3) is 5.91 Å². The number of nitrogens with one attached hydrogen (secondary N) is 1. The molecule has 1 heterocycles. The molecular formula is C31H30N2O12. The van der Waals surface area contributed by atoms with Crippen LogP contribution in [-0.4, -0.2) is 91.0 Å². The van der Waals surface area contributed by atoms with Crippen molar-refractivity contribution in [3.05, 3.63) is 82.4 Å². The van der Waals surface area contributed by atoms with Crippen molar-refractivity contribution < 1.29 is 59.0 Å². The summed E-state index contributed by atoms with van der Waals surface area (Å²) in [4.78, 5) is 64.8. The highest BCUT2D eigenvalue weighted by molar-refractivity contribution is 6.18. The van der Waals surface area contributed by atoms with E-state index in [1.807, 2.05) is 0 Å². The molecule has 0 spiro atoms. The Hall–Kier alpha value is -5.79. The number of carbonyl (C=O) groups is 5. The molecule has 1 aliphatic rings. The van der Waals surface area contributed by atoms with Crippen molar-refractivity contribution in [2.45, 2.75) is 38.5 Å². The van der Waals surface area contributed by atoms with Crippen molar-refractivity contribution in [1.82, 2.24) is 10.2 Å². The van der Waals surface area contributed by atoms with Crippen molar-refractivity contribution in [2.24, 2.45) is 0 Å². The number of rotatable bonds is 7. The molecule has 0 radical (unpaired) electrons. The zero-order valence-corrected chi connectivity index (χ0v) is 24.3. The minimum Gasteiger partial charge on any atom is -0.508 e. The highest BCUT2D eigenvalue weighted by Crippen LogP contribution is 2.35. The summed E-state index contributed by atoms with van der Waals surface area (Å²) in [6, 6.07) is 9.34. The van der Waals surface area contributed by atoms with Gasteiger partial charge < -0.3 is 45.2 Å². The number of aromatic hydroxyl groups is 4. The van der Waals surface area contributed by atoms with Crippen molar-refractivity contribution in [1.29, 1.82) is 0 Å². The van der Waals surface area contributed by atoms with Crippen LogP contribution in [0.3, 0.4) is 0 Å². The van der Waals surface area contributed by atoms with E-state index in [4.69, 9.17) is 9.47 Å². The van der Waals surface area contributed by atoms with Gasteiger partial charge in [-0.25, -0.2) is 14.4 Å². The molecule has 236 valence electrons. The molecule has 0 saturated carbocycles. The largest absolute Gasteiger partial charge is 0.508 e. The fourth-order valence-electron chi connectivity index (χ4n) is 4.62. The van der Waals surface area contributed by atoms with E-state index in [9.17, 15) is 49.5 Å². The quantitative estimate of drug-likeness (QED) is 0.165. The van der Waals surface area contributed by atoms with Crippen molar-refractivity contribution in [2.75, 3.05) is 13.1 Å². The van der Waals surface area contributed by atoms with Crippen LogP contribution in [0.4, 0.5) is 4.79 Å². The molecule has 2 unspecified atom stereocenters. The molecule has 6 N–H and O–H groups in total. The third kappa shape index (κ3) is 7.24. The molecule has 3 aromatic rings. The van der Waals surface area contributed by atoms with Crippen LogP contribution < -0.4 is 5.32 Å². The number of likely N-dealkylation sites (tertiary alicyclic amines) is 1. The van der Waals surface area contributed by atoms with Gasteiger partial charge in [0, 0.05) is 12.1 Å². The molecule has 1 saturated heterocycles. The number of amides is 2. The number of ketones is 1. The SMILES string of the molecule is CC(C)(C)OC(=O)N1CC(NC(=O)c2ccc(O)cc2)C(OC(=O)c2cc(O)c(C(=O)c3c(O)cccc3C(=O)O)c(O)c2)C1. The maximum absolute atomic E-state index is 13.2. The predicted molar refractivity (Wildman–Crippen MR) is 155 cm³/mol. The Balaban J connectivity index is 1.59. The lowest BCUT2D eigenvalue weighted by Crippen LogP contribution is -2.44. The van der Waals surface area contributed by atoms with Gasteiger partial charge in [0.2, 0.25) is 5.78 Å². The topological polar surface area (TPSA) is 220 Å². The van der Waals surface area contributed by atoms with Crippen molar-refractivity contribution >= 4 is 29.7 Å². The van der Waals surface area contributed by atoms with Crippen LogP contribution in [0.5, 0.6) is 23.0 Å². The van der Waals surface area contributed by atoms with E-state index in [0.717, 1.165) is 24.3 Å². The zero-order chi connectivity index (χ0) is 33.2. The van der Waals surface area contributed by atoms with Crippen LogP contribution >= 0.6 is 0 Å². The number of phenols is 4. The number of hydrogen-bond acceptors (Lipinski definition) is 11. The van der Waals surface area contributed by atoms with Gasteiger partial charge in [-0.15, -0.1) is 0 Å². The molecule has 3 aromatic carbocycles. The summed E-state index contributed by atoms with van der Waals surface area (Å²) in [6.45, 7) is 4.70. The number of phenolic OH excluding ortho intramolecular Hbond substituents is 4. The van der Waals surface area contributed by atoms with E-state index in [0.29, 0.717) is 0 Å². The zero-order valence-electron chi connectivity index (χ0n) is 24.3. The van der Waals surface area contributed by atoms with Crippen molar-refractivity contribution in [3.63, 3.8) is 0 Å². The molecule has 0 aliphatic carbocycles. The monoisotopic (exact) mass is 622 g/mol. The Morgan fingerprint density at radius 3 is 2.02 bits per heavy atom. The molecule has 0 aromatic heterocycles. The van der Waals surface area contributed by atoms with Gasteiger partial charge in [-0.2, -0.15) is 0 Å². The van der Waals surface area contributed by atoms with E-state index < -0.39 is 87.0 Å². The number of carbonyl (C=O) groups excluding carboxylic acids is 4. The molecule has 1 aliphatic heterocycles. The van der Waals surface area contributed by atoms with E-state index in [2.05, 4.69) is 5.32 Å². The number of carboxylic acids is 1. The number of carboxylic acid groups (broad SMARTS) is 1. The van der Waals surface area contributed by atoms with E-state index in [1.54, 1.807) is 20.8 Å². The molecule has 14 heteroatoms. The van der Waals surface area contributed by atoms with Crippen LogP contribution in [0.15, 0.2) is 54.6 Å². The normalized spacial score (nSPS) is 16.1. The fourth-order valence-corrected chi connectivity index (χ4v) is 4.62. The first kappa shape index (κ1) is 32.1. The first-order chi connectivity index (χ1) is 21.1. The third-order valence-electron chi connectivity index (χ3n) is 6.68. The Kier molecular flexibility index (Phi) is 8.88. The Labute approximate surface area is 256 Å². The first-order valence-electron chi connectivity index (χ1n) is 13.5. The minimum atomic E-state index is -1.54. The number of aromatic carboxylic acids is 1. The van der Waals surface area contributed by atoms with Crippen LogP contribution in [0, 0.1) is 0 Å². The summed E-state index contributed by atoms with van der Waals surface area (Å²) in [7, 11) is 0. The Bertz CT molecular complexity index is 1650. The van der Waals surface area contributed by atoms with Crippen LogP contribution in [0.25, 0.3) is 0 Å². The third-order valence-corrected chi connectivity index (χ3v) is 6.68. The van der Waals surface area contributed by atoms with Crippen molar-refractivity contribution in [3.8, 4) is 23.0 Å². The number of esters is 1. The molecule has 45 heavy (non-hydrogen) atoms. The highest BCUT2D eigenvalue weighted by Gasteiger charge is 2.41. The molecule has 1 fully saturated rings. The van der Waals surface area contributed by atoms with Crippen LogP contribution in [0.2, 0.25) is 0 Å². The lowest BCUT2D eigenvalue weighted by molar-refractivity contribution is 0.0177. The van der Waals surface area contributed by atoms with Gasteiger partial charge in [0.15, 0.2) is 0 Å². The summed E-state index contributed by atoms with van der Waals surface area (Å²) in [5.74, 6) is -7.05. The summed E-state index contributed by atoms with van der Waals surface area (Å²) in [6.07, 6.45) is -1.86. The fraction of sp³-hybridized carbons (Fsp3) is 0.258. The number of ether oxygens (including phenoxy) is 2. The lowest BCUT2D eigenvalue weighted by Gasteiger charge is -2.24. The minimum absolute atomic E-state index is 0.0579. The molecule has 0 bridgehead atoms. The predicted octanol–water partition coefficient (Wildman–Crippen LogP) is 3.01. The second kappa shape index (κ2) is 12.4. The summed E-state index contributed by atoms with van der Waals surface area (Å²) in [5, 5.41) is 53.0. The van der Waals surface area contributed by atoms with E-state index >= 15 is 0 Å². The average molecular weight is 623 g/mol. The summed E-state index contributed by atoms with van der Waals surface area (Å²) >= 11 is 0. The lowest BCUT2D eigenvalue weighted by atomic mass is 9.95. The molecule has 14 nitrogen and oxygen atoms in total. The number of hydrogen-bond donors (Lipinski definition) is 6. The smallest absolute Gasteiger partial charge is 0.410 e. The molecule has 2 amide bonds. The molecule has 2 atom stereocenters. The van der Waals surface area contributed by atoms with Gasteiger partial charge in [0.1, 0.15) is 40.3 Å². The first-order valence-corrected chi connectivity index (χ1v) is 13.5. The van der Waals surface area contributed by atoms with Gasteiger partial charge in [0.05, 0.1) is 29.3 Å². The Morgan fingerprint density at radius 2 is 1.44 bits per heavy atom.